The molecule has 4 aliphatic rings. The third-order valence-electron chi connectivity index (χ3n) is 7.98. The Morgan fingerprint density at radius 2 is 1.73 bits per heavy atom. The van der Waals surface area contributed by atoms with Crippen molar-refractivity contribution in [2.24, 2.45) is 11.8 Å². The predicted octanol–water partition coefficient (Wildman–Crippen LogP) is 3.92. The van der Waals surface area contributed by atoms with Crippen molar-refractivity contribution in [3.05, 3.63) is 71.2 Å². The van der Waals surface area contributed by atoms with E-state index in [2.05, 4.69) is 10.2 Å². The molecule has 7 rings (SSSR count). The lowest BCUT2D eigenvalue weighted by atomic mass is 9.75. The molecule has 33 heavy (non-hydrogen) atoms. The molecule has 0 unspecified atom stereocenters. The zero-order valence-corrected chi connectivity index (χ0v) is 18.4. The maximum Gasteiger partial charge on any atom is 0.250 e. The Morgan fingerprint density at radius 1 is 0.939 bits per heavy atom. The largest absolute Gasteiger partial charge is 0.323 e. The second-order valence-electron chi connectivity index (χ2n) is 9.30. The zero-order chi connectivity index (χ0) is 22.5. The first-order valence-corrected chi connectivity index (χ1v) is 11.7. The minimum absolute atomic E-state index is 0.151. The van der Waals surface area contributed by atoms with Crippen LogP contribution in [0.1, 0.15) is 18.4 Å². The van der Waals surface area contributed by atoms with Crippen LogP contribution < -0.4 is 10.2 Å². The highest BCUT2D eigenvalue weighted by Gasteiger charge is 2.74. The SMILES string of the molecule is O=C1[C@@H]2[C@@H]3CCCN3[C@@]3(C(=O)Nc4c(Cl)cccc43)[C@H]2C(=O)N1c1cccc2ccccc12. The van der Waals surface area contributed by atoms with Crippen LogP contribution in [-0.2, 0) is 19.9 Å². The number of fused-ring (bicyclic) bond motifs is 8. The molecule has 0 aromatic heterocycles. The first-order valence-electron chi connectivity index (χ1n) is 11.3. The number of amides is 3. The predicted molar refractivity (Wildman–Crippen MR) is 125 cm³/mol. The molecule has 3 aromatic rings. The van der Waals surface area contributed by atoms with Crippen molar-refractivity contribution < 1.29 is 14.4 Å². The second kappa shape index (κ2) is 6.43. The summed E-state index contributed by atoms with van der Waals surface area (Å²) in [6.07, 6.45) is 1.67. The number of benzene rings is 3. The summed E-state index contributed by atoms with van der Waals surface area (Å²) in [5.74, 6) is -2.12. The van der Waals surface area contributed by atoms with Crippen LogP contribution in [-0.4, -0.2) is 35.2 Å². The summed E-state index contributed by atoms with van der Waals surface area (Å²) in [6, 6.07) is 18.6. The molecule has 4 aliphatic heterocycles. The average molecular weight is 458 g/mol. The van der Waals surface area contributed by atoms with Crippen LogP contribution >= 0.6 is 11.6 Å². The smallest absolute Gasteiger partial charge is 0.250 e. The number of rotatable bonds is 1. The van der Waals surface area contributed by atoms with E-state index in [9.17, 15) is 14.4 Å². The van der Waals surface area contributed by atoms with Gasteiger partial charge in [-0.3, -0.25) is 19.3 Å². The Labute approximate surface area is 195 Å². The van der Waals surface area contributed by atoms with E-state index in [0.29, 0.717) is 28.5 Å². The normalized spacial score (nSPS) is 30.3. The molecule has 0 saturated carbocycles. The minimum atomic E-state index is -1.21. The first kappa shape index (κ1) is 19.3. The maximum atomic E-state index is 14.1. The number of imide groups is 1. The Kier molecular flexibility index (Phi) is 3.75. The van der Waals surface area contributed by atoms with Crippen LogP contribution in [0.3, 0.4) is 0 Å². The highest BCUT2D eigenvalue weighted by molar-refractivity contribution is 6.35. The molecule has 0 aliphatic carbocycles. The van der Waals surface area contributed by atoms with E-state index < -0.39 is 17.4 Å². The van der Waals surface area contributed by atoms with E-state index in [1.807, 2.05) is 54.6 Å². The van der Waals surface area contributed by atoms with E-state index >= 15 is 0 Å². The van der Waals surface area contributed by atoms with Gasteiger partial charge in [0.25, 0.3) is 5.91 Å². The molecule has 0 radical (unpaired) electrons. The highest BCUT2D eigenvalue weighted by atomic mass is 35.5. The van der Waals surface area contributed by atoms with Gasteiger partial charge in [0.15, 0.2) is 0 Å². The van der Waals surface area contributed by atoms with Crippen molar-refractivity contribution in [1.82, 2.24) is 4.90 Å². The fraction of sp³-hybridized carbons (Fsp3) is 0.269. The lowest BCUT2D eigenvalue weighted by molar-refractivity contribution is -0.135. The van der Waals surface area contributed by atoms with Crippen molar-refractivity contribution in [3.8, 4) is 0 Å². The number of para-hydroxylation sites is 1. The van der Waals surface area contributed by atoms with Gasteiger partial charge in [-0.15, -0.1) is 0 Å². The van der Waals surface area contributed by atoms with Gasteiger partial charge in [0, 0.05) is 17.0 Å². The van der Waals surface area contributed by atoms with Gasteiger partial charge in [0.1, 0.15) is 5.54 Å². The van der Waals surface area contributed by atoms with E-state index in [4.69, 9.17) is 11.6 Å². The van der Waals surface area contributed by atoms with Gasteiger partial charge in [-0.25, -0.2) is 4.90 Å². The molecule has 1 N–H and O–H groups in total. The number of hydrogen-bond donors (Lipinski definition) is 1. The molecule has 3 fully saturated rings. The Morgan fingerprint density at radius 3 is 2.61 bits per heavy atom. The van der Waals surface area contributed by atoms with Crippen LogP contribution in [0, 0.1) is 11.8 Å². The molecule has 4 atom stereocenters. The molecule has 3 saturated heterocycles. The Hall–Kier alpha value is -3.22. The molecule has 6 nitrogen and oxygen atoms in total. The molecule has 3 aromatic carbocycles. The second-order valence-corrected chi connectivity index (χ2v) is 9.71. The van der Waals surface area contributed by atoms with E-state index in [-0.39, 0.29) is 23.8 Å². The third kappa shape index (κ3) is 2.16. The van der Waals surface area contributed by atoms with Crippen LogP contribution in [0.4, 0.5) is 11.4 Å². The quantitative estimate of drug-likeness (QED) is 0.562. The van der Waals surface area contributed by atoms with E-state index in [1.165, 1.54) is 4.90 Å². The molecular weight excluding hydrogens is 438 g/mol. The lowest BCUT2D eigenvalue weighted by Crippen LogP contribution is -2.54. The van der Waals surface area contributed by atoms with Crippen molar-refractivity contribution in [3.63, 3.8) is 0 Å². The number of hydrogen-bond acceptors (Lipinski definition) is 4. The average Bonchev–Trinajstić information content (AvgIpc) is 3.53. The van der Waals surface area contributed by atoms with Crippen LogP contribution in [0.2, 0.25) is 5.02 Å². The summed E-state index contributed by atoms with van der Waals surface area (Å²) in [6.45, 7) is 0.672. The summed E-state index contributed by atoms with van der Waals surface area (Å²) in [5, 5.41) is 5.20. The highest BCUT2D eigenvalue weighted by Crippen LogP contribution is 2.61. The van der Waals surface area contributed by atoms with Crippen LogP contribution in [0.25, 0.3) is 10.8 Å². The van der Waals surface area contributed by atoms with Crippen LogP contribution in [0.15, 0.2) is 60.7 Å². The Balaban J connectivity index is 1.46. The number of nitrogens with zero attached hydrogens (tertiary/aromatic N) is 2. The molecule has 1 spiro atoms. The maximum absolute atomic E-state index is 14.1. The molecule has 0 bridgehead atoms. The zero-order valence-electron chi connectivity index (χ0n) is 17.6. The number of carbonyl (C=O) groups excluding carboxylic acids is 3. The topological polar surface area (TPSA) is 69.7 Å². The monoisotopic (exact) mass is 457 g/mol. The number of anilines is 2. The lowest BCUT2D eigenvalue weighted by Gasteiger charge is -2.36. The molecular formula is C26H20ClN3O3. The summed E-state index contributed by atoms with van der Waals surface area (Å²) in [5.41, 5.74) is 0.638. The van der Waals surface area contributed by atoms with Gasteiger partial charge in [0.2, 0.25) is 11.8 Å². The molecule has 3 amide bonds. The van der Waals surface area contributed by atoms with Crippen molar-refractivity contribution in [1.29, 1.82) is 0 Å². The van der Waals surface area contributed by atoms with E-state index in [0.717, 1.165) is 23.6 Å². The van der Waals surface area contributed by atoms with Crippen molar-refractivity contribution in [2.45, 2.75) is 24.4 Å². The summed E-state index contributed by atoms with van der Waals surface area (Å²) < 4.78 is 0. The number of halogens is 1. The third-order valence-corrected chi connectivity index (χ3v) is 8.30. The van der Waals surface area contributed by atoms with Gasteiger partial charge < -0.3 is 5.32 Å². The Bertz CT molecular complexity index is 1400. The van der Waals surface area contributed by atoms with Gasteiger partial charge in [0.05, 0.1) is 28.2 Å². The number of carbonyl (C=O) groups is 3. The molecule has 164 valence electrons. The standard InChI is InChI=1S/C26H20ClN3O3/c27-17-10-4-9-16-22(17)28-25(33)26(16)21-20(19-12-5-13-29(19)26)23(31)30(24(21)32)18-11-3-7-14-6-1-2-8-15(14)18/h1-4,6-11,19-21H,5,12-13H2,(H,28,33)/t19-,20+,21+,26+/m0/s1. The molecule has 4 heterocycles. The van der Waals surface area contributed by atoms with Gasteiger partial charge in [-0.2, -0.15) is 0 Å². The van der Waals surface area contributed by atoms with Gasteiger partial charge >= 0.3 is 0 Å². The van der Waals surface area contributed by atoms with Gasteiger partial charge in [-0.05, 0) is 36.9 Å². The summed E-state index contributed by atoms with van der Waals surface area (Å²) in [4.78, 5) is 45.2. The van der Waals surface area contributed by atoms with Crippen molar-refractivity contribution >= 4 is 51.5 Å². The summed E-state index contributed by atoms with van der Waals surface area (Å²) in [7, 11) is 0. The fourth-order valence-electron chi connectivity index (χ4n) is 6.84. The number of nitrogens with one attached hydrogen (secondary N) is 1. The fourth-order valence-corrected chi connectivity index (χ4v) is 7.06. The summed E-state index contributed by atoms with van der Waals surface area (Å²) >= 11 is 6.44. The van der Waals surface area contributed by atoms with Crippen molar-refractivity contribution in [2.75, 3.05) is 16.8 Å². The minimum Gasteiger partial charge on any atom is -0.323 e. The van der Waals surface area contributed by atoms with Gasteiger partial charge in [-0.1, -0.05) is 60.1 Å². The molecule has 7 heteroatoms. The first-order chi connectivity index (χ1) is 16.0. The van der Waals surface area contributed by atoms with Crippen LogP contribution in [0.5, 0.6) is 0 Å². The van der Waals surface area contributed by atoms with E-state index in [1.54, 1.807) is 6.07 Å².